The van der Waals surface area contributed by atoms with E-state index in [4.69, 9.17) is 4.74 Å². The van der Waals surface area contributed by atoms with Crippen LogP contribution in [0.2, 0.25) is 0 Å². The number of hydrogen-bond donors (Lipinski definition) is 1. The summed E-state index contributed by atoms with van der Waals surface area (Å²) in [5.41, 5.74) is 1.20. The summed E-state index contributed by atoms with van der Waals surface area (Å²) >= 11 is 1.24. The van der Waals surface area contributed by atoms with Crippen LogP contribution in [-0.4, -0.2) is 21.9 Å². The highest BCUT2D eigenvalue weighted by atomic mass is 32.1. The van der Waals surface area contributed by atoms with Gasteiger partial charge in [-0.2, -0.15) is 0 Å². The molecule has 0 aliphatic rings. The van der Waals surface area contributed by atoms with Crippen molar-refractivity contribution in [3.05, 3.63) is 69.8 Å². The molecule has 0 spiro atoms. The highest BCUT2D eigenvalue weighted by Crippen LogP contribution is 2.29. The second-order valence-electron chi connectivity index (χ2n) is 5.52. The van der Waals surface area contributed by atoms with Crippen LogP contribution in [0.15, 0.2) is 53.9 Å². The van der Waals surface area contributed by atoms with Crippen LogP contribution in [0.25, 0.3) is 11.3 Å². The molecule has 1 amide bonds. The third kappa shape index (κ3) is 4.45. The van der Waals surface area contributed by atoms with Crippen LogP contribution in [0, 0.1) is 15.9 Å². The number of thiazole rings is 1. The van der Waals surface area contributed by atoms with Crippen LogP contribution in [0.4, 0.5) is 15.2 Å². The maximum Gasteiger partial charge on any atom is 0.311 e. The minimum atomic E-state index is -1.09. The van der Waals surface area contributed by atoms with Gasteiger partial charge >= 0.3 is 5.69 Å². The minimum Gasteiger partial charge on any atom is -0.474 e. The number of anilines is 1. The Morgan fingerprint density at radius 1 is 1.30 bits per heavy atom. The predicted molar refractivity (Wildman–Crippen MR) is 99.3 cm³/mol. The van der Waals surface area contributed by atoms with Gasteiger partial charge in [0.1, 0.15) is 5.82 Å². The van der Waals surface area contributed by atoms with E-state index in [0.29, 0.717) is 10.8 Å². The molecule has 0 bridgehead atoms. The van der Waals surface area contributed by atoms with Gasteiger partial charge in [-0.1, -0.05) is 30.3 Å². The standard InChI is InChI=1S/C18H14FN3O4S/c1-11(26-16-9-13(19)7-8-15(16)22(24)25)17(23)21-18-20-14(10-27-18)12-5-3-2-4-6-12/h2-11H,1H3,(H,20,21,23)/t11-/m1/s1. The fourth-order valence-corrected chi connectivity index (χ4v) is 2.98. The molecule has 1 aromatic heterocycles. The van der Waals surface area contributed by atoms with E-state index in [1.165, 1.54) is 18.3 Å². The first-order chi connectivity index (χ1) is 12.9. The molecular weight excluding hydrogens is 373 g/mol. The van der Waals surface area contributed by atoms with Crippen molar-refractivity contribution in [2.24, 2.45) is 0 Å². The molecule has 0 fully saturated rings. The number of nitrogens with zero attached hydrogens (tertiary/aromatic N) is 2. The van der Waals surface area contributed by atoms with Gasteiger partial charge in [0.15, 0.2) is 11.2 Å². The van der Waals surface area contributed by atoms with Crippen molar-refractivity contribution < 1.29 is 18.8 Å². The van der Waals surface area contributed by atoms with Gasteiger partial charge in [0.05, 0.1) is 10.6 Å². The first-order valence-corrected chi connectivity index (χ1v) is 8.74. The van der Waals surface area contributed by atoms with E-state index in [-0.39, 0.29) is 5.75 Å². The highest BCUT2D eigenvalue weighted by molar-refractivity contribution is 7.14. The number of carbonyl (C=O) groups excluding carboxylic acids is 1. The van der Waals surface area contributed by atoms with E-state index in [1.807, 2.05) is 30.3 Å². The lowest BCUT2D eigenvalue weighted by Gasteiger charge is -2.13. The monoisotopic (exact) mass is 387 g/mol. The van der Waals surface area contributed by atoms with E-state index >= 15 is 0 Å². The molecule has 0 aliphatic carbocycles. The molecule has 2 aromatic carbocycles. The average Bonchev–Trinajstić information content (AvgIpc) is 3.10. The van der Waals surface area contributed by atoms with Gasteiger partial charge in [0.2, 0.25) is 5.75 Å². The molecule has 9 heteroatoms. The van der Waals surface area contributed by atoms with Crippen LogP contribution in [-0.2, 0) is 4.79 Å². The molecule has 0 saturated heterocycles. The first kappa shape index (κ1) is 18.5. The third-order valence-corrected chi connectivity index (χ3v) is 4.35. The zero-order valence-corrected chi connectivity index (χ0v) is 14.9. The summed E-state index contributed by atoms with van der Waals surface area (Å²) in [4.78, 5) is 26.9. The quantitative estimate of drug-likeness (QED) is 0.504. The van der Waals surface area contributed by atoms with Gasteiger partial charge in [-0.05, 0) is 13.0 Å². The lowest BCUT2D eigenvalue weighted by Crippen LogP contribution is -2.30. The third-order valence-electron chi connectivity index (χ3n) is 3.60. The Morgan fingerprint density at radius 2 is 2.04 bits per heavy atom. The number of halogens is 1. The molecule has 0 aliphatic heterocycles. The fraction of sp³-hybridized carbons (Fsp3) is 0.111. The Morgan fingerprint density at radius 3 is 2.74 bits per heavy atom. The molecule has 0 unspecified atom stereocenters. The number of carbonyl (C=O) groups is 1. The summed E-state index contributed by atoms with van der Waals surface area (Å²) in [6.45, 7) is 1.41. The molecule has 7 nitrogen and oxygen atoms in total. The van der Waals surface area contributed by atoms with Gasteiger partial charge in [-0.3, -0.25) is 20.2 Å². The molecule has 0 saturated carbocycles. The summed E-state index contributed by atoms with van der Waals surface area (Å²) < 4.78 is 18.7. The Hall–Kier alpha value is -3.33. The van der Waals surface area contributed by atoms with Gasteiger partial charge in [0, 0.05) is 23.1 Å². The van der Waals surface area contributed by atoms with Crippen molar-refractivity contribution in [3.8, 4) is 17.0 Å². The number of ether oxygens (including phenoxy) is 1. The Balaban J connectivity index is 1.69. The molecule has 27 heavy (non-hydrogen) atoms. The Kier molecular flexibility index (Phi) is 5.41. The zero-order valence-electron chi connectivity index (χ0n) is 14.1. The van der Waals surface area contributed by atoms with Gasteiger partial charge in [-0.15, -0.1) is 11.3 Å². The van der Waals surface area contributed by atoms with Gasteiger partial charge in [0.25, 0.3) is 5.91 Å². The molecule has 1 N–H and O–H groups in total. The summed E-state index contributed by atoms with van der Waals surface area (Å²) in [5.74, 6) is -1.56. The van der Waals surface area contributed by atoms with Crippen molar-refractivity contribution in [1.29, 1.82) is 0 Å². The van der Waals surface area contributed by atoms with Gasteiger partial charge in [-0.25, -0.2) is 9.37 Å². The van der Waals surface area contributed by atoms with E-state index in [9.17, 15) is 19.3 Å². The van der Waals surface area contributed by atoms with Crippen molar-refractivity contribution in [2.75, 3.05) is 5.32 Å². The van der Waals surface area contributed by atoms with E-state index < -0.39 is 28.4 Å². The topological polar surface area (TPSA) is 94.4 Å². The average molecular weight is 387 g/mol. The first-order valence-electron chi connectivity index (χ1n) is 7.86. The Bertz CT molecular complexity index is 978. The number of nitrogens with one attached hydrogen (secondary N) is 1. The molecule has 138 valence electrons. The second-order valence-corrected chi connectivity index (χ2v) is 6.38. The van der Waals surface area contributed by atoms with E-state index in [2.05, 4.69) is 10.3 Å². The van der Waals surface area contributed by atoms with Crippen LogP contribution >= 0.6 is 11.3 Å². The van der Waals surface area contributed by atoms with E-state index in [1.54, 1.807) is 5.38 Å². The summed E-state index contributed by atoms with van der Waals surface area (Å²) in [7, 11) is 0. The smallest absolute Gasteiger partial charge is 0.311 e. The number of rotatable bonds is 6. The predicted octanol–water partition coefficient (Wildman–Crippen LogP) is 4.26. The Labute approximate surface area is 157 Å². The summed E-state index contributed by atoms with van der Waals surface area (Å²) in [5, 5.41) is 15.8. The minimum absolute atomic E-state index is 0.313. The number of hydrogen-bond acceptors (Lipinski definition) is 6. The fourth-order valence-electron chi connectivity index (χ4n) is 2.26. The van der Waals surface area contributed by atoms with Crippen molar-refractivity contribution in [3.63, 3.8) is 0 Å². The molecule has 3 rings (SSSR count). The molecule has 1 atom stereocenters. The lowest BCUT2D eigenvalue weighted by atomic mass is 10.2. The van der Waals surface area contributed by atoms with Crippen LogP contribution < -0.4 is 10.1 Å². The molecular formula is C18H14FN3O4S. The summed E-state index contributed by atoms with van der Waals surface area (Å²) in [6, 6.07) is 12.3. The summed E-state index contributed by atoms with van der Waals surface area (Å²) in [6.07, 6.45) is -1.09. The number of amides is 1. The zero-order chi connectivity index (χ0) is 19.4. The van der Waals surface area contributed by atoms with E-state index in [0.717, 1.165) is 23.8 Å². The number of benzene rings is 2. The number of nitro groups is 1. The lowest BCUT2D eigenvalue weighted by molar-refractivity contribution is -0.386. The number of aromatic nitrogens is 1. The van der Waals surface area contributed by atoms with Crippen molar-refractivity contribution in [2.45, 2.75) is 13.0 Å². The van der Waals surface area contributed by atoms with Crippen LogP contribution in [0.3, 0.4) is 0 Å². The largest absolute Gasteiger partial charge is 0.474 e. The molecule has 3 aromatic rings. The van der Waals surface area contributed by atoms with Crippen molar-refractivity contribution >= 4 is 28.1 Å². The number of nitro benzene ring substituents is 1. The van der Waals surface area contributed by atoms with Crippen LogP contribution in [0.5, 0.6) is 5.75 Å². The van der Waals surface area contributed by atoms with Crippen molar-refractivity contribution in [1.82, 2.24) is 4.98 Å². The second kappa shape index (κ2) is 7.92. The SMILES string of the molecule is C[C@@H](Oc1cc(F)ccc1[N+](=O)[O-])C(=O)Nc1nc(-c2ccccc2)cs1. The maximum absolute atomic E-state index is 13.4. The van der Waals surface area contributed by atoms with Crippen LogP contribution in [0.1, 0.15) is 6.92 Å². The van der Waals surface area contributed by atoms with Gasteiger partial charge < -0.3 is 4.74 Å². The maximum atomic E-state index is 13.4. The normalized spacial score (nSPS) is 11.6. The molecule has 0 radical (unpaired) electrons. The highest BCUT2D eigenvalue weighted by Gasteiger charge is 2.22. The molecule has 1 heterocycles.